The number of hydrogen-bond donors (Lipinski definition) is 2. The zero-order valence-corrected chi connectivity index (χ0v) is 38.8. The van der Waals surface area contributed by atoms with Crippen molar-refractivity contribution >= 4 is 45.3 Å². The van der Waals surface area contributed by atoms with Gasteiger partial charge in [-0.3, -0.25) is 38.4 Å². The van der Waals surface area contributed by atoms with Crippen LogP contribution in [0.3, 0.4) is 0 Å². The molecule has 1 atom stereocenters. The van der Waals surface area contributed by atoms with Crippen molar-refractivity contribution in [2.24, 2.45) is 0 Å². The number of nitrogens with zero attached hydrogens (tertiary/aromatic N) is 1. The smallest absolute Gasteiger partial charge is 0.297 e. The molecule has 2 N–H and O–H groups in total. The molecule has 2 aliphatic rings. The molecule has 0 aromatic heterocycles. The van der Waals surface area contributed by atoms with Crippen LogP contribution in [0.15, 0.2) is 53.4 Å². The quantitative estimate of drug-likeness (QED) is 0.0552. The van der Waals surface area contributed by atoms with Gasteiger partial charge in [0.2, 0.25) is 17.7 Å². The second-order valence-corrected chi connectivity index (χ2v) is 16.4. The maximum atomic E-state index is 13.2. The Labute approximate surface area is 391 Å². The van der Waals surface area contributed by atoms with Gasteiger partial charge in [-0.2, -0.15) is 8.42 Å². The van der Waals surface area contributed by atoms with E-state index < -0.39 is 39.8 Å². The number of carbonyl (C=O) groups excluding carboxylic acids is 5. The summed E-state index contributed by atoms with van der Waals surface area (Å²) in [5, 5.41) is 4.90. The zero-order chi connectivity index (χ0) is 47.8. The molecule has 2 aromatic rings. The molecular formula is C45H65N3O18S. The van der Waals surface area contributed by atoms with Gasteiger partial charge in [0, 0.05) is 19.4 Å². The lowest BCUT2D eigenvalue weighted by atomic mass is 10.0. The molecule has 374 valence electrons. The topological polar surface area (TPSA) is 248 Å². The van der Waals surface area contributed by atoms with Crippen LogP contribution in [0.4, 0.5) is 5.69 Å². The van der Waals surface area contributed by atoms with E-state index in [-0.39, 0.29) is 60.1 Å². The predicted molar refractivity (Wildman–Crippen MR) is 238 cm³/mol. The van der Waals surface area contributed by atoms with E-state index in [2.05, 4.69) is 10.6 Å². The number of unbranched alkanes of at least 4 members (excludes halogenated alkanes) is 2. The summed E-state index contributed by atoms with van der Waals surface area (Å²) in [5.74, 6) is -2.75. The van der Waals surface area contributed by atoms with E-state index in [9.17, 15) is 32.4 Å². The molecule has 2 heterocycles. The monoisotopic (exact) mass is 967 g/mol. The zero-order valence-electron chi connectivity index (χ0n) is 38.0. The standard InChI is InChI=1S/C45H65N3O18S/c49-40(46-38-11-7-10-37-42(38)45(53)48(44(37)52)39-13-14-41(50)47-43(39)51)12-5-2-6-15-56-16-17-57-18-19-58-20-21-59-22-23-60-24-25-61-26-27-62-28-29-63-30-31-64-32-33-65-34-35-66-67(54,55)36-8-3-1-4-9-36/h1,3-4,7-11,39H,2,5-6,12-35H2,(H,46,49)(H,47,50,51). The van der Waals surface area contributed by atoms with Crippen LogP contribution in [-0.2, 0) is 76.1 Å². The van der Waals surface area contributed by atoms with Gasteiger partial charge in [0.25, 0.3) is 21.9 Å². The first-order valence-electron chi connectivity index (χ1n) is 22.6. The van der Waals surface area contributed by atoms with E-state index in [1.54, 1.807) is 30.3 Å². The molecule has 2 aliphatic heterocycles. The van der Waals surface area contributed by atoms with Gasteiger partial charge in [0.15, 0.2) is 0 Å². The molecule has 21 nitrogen and oxygen atoms in total. The highest BCUT2D eigenvalue weighted by molar-refractivity contribution is 7.86. The maximum absolute atomic E-state index is 13.2. The molecule has 0 saturated carbocycles. The molecule has 1 fully saturated rings. The van der Waals surface area contributed by atoms with Crippen LogP contribution >= 0.6 is 0 Å². The Morgan fingerprint density at radius 1 is 0.552 bits per heavy atom. The molecule has 4 rings (SSSR count). The normalized spacial score (nSPS) is 15.0. The number of piperidine rings is 1. The summed E-state index contributed by atoms with van der Waals surface area (Å²) in [6.07, 6.45) is 2.40. The van der Waals surface area contributed by atoms with Crippen LogP contribution in [0.25, 0.3) is 0 Å². The summed E-state index contributed by atoms with van der Waals surface area (Å²) in [5.41, 5.74) is 0.362. The number of anilines is 1. The molecule has 1 saturated heterocycles. The first-order chi connectivity index (χ1) is 32.7. The van der Waals surface area contributed by atoms with E-state index in [1.807, 2.05) is 0 Å². The van der Waals surface area contributed by atoms with Gasteiger partial charge in [0.05, 0.1) is 154 Å². The van der Waals surface area contributed by atoms with Crippen LogP contribution in [0.1, 0.15) is 59.2 Å². The third-order valence-electron chi connectivity index (χ3n) is 9.78. The van der Waals surface area contributed by atoms with E-state index >= 15 is 0 Å². The largest absolute Gasteiger partial charge is 0.379 e. The average molecular weight is 968 g/mol. The third kappa shape index (κ3) is 21.7. The summed E-state index contributed by atoms with van der Waals surface area (Å²) >= 11 is 0. The van der Waals surface area contributed by atoms with Crippen molar-refractivity contribution in [3.05, 3.63) is 59.7 Å². The van der Waals surface area contributed by atoms with Gasteiger partial charge in [-0.1, -0.05) is 30.7 Å². The number of imide groups is 2. The van der Waals surface area contributed by atoms with Crippen molar-refractivity contribution < 1.29 is 83.9 Å². The Balaban J connectivity index is 0.807. The fourth-order valence-electron chi connectivity index (χ4n) is 6.44. The lowest BCUT2D eigenvalue weighted by Gasteiger charge is -2.27. The molecule has 2 aromatic carbocycles. The molecule has 5 amide bonds. The Hall–Kier alpha value is -4.30. The number of hydrogen-bond acceptors (Lipinski definition) is 18. The van der Waals surface area contributed by atoms with Crippen LogP contribution < -0.4 is 10.6 Å². The van der Waals surface area contributed by atoms with Gasteiger partial charge < -0.3 is 52.7 Å². The molecule has 1 unspecified atom stereocenters. The Bertz CT molecular complexity index is 1890. The van der Waals surface area contributed by atoms with Crippen molar-refractivity contribution in [2.45, 2.75) is 49.5 Å². The minimum absolute atomic E-state index is 0.0222. The van der Waals surface area contributed by atoms with Crippen molar-refractivity contribution in [1.29, 1.82) is 0 Å². The average Bonchev–Trinajstić information content (AvgIpc) is 3.57. The van der Waals surface area contributed by atoms with Crippen molar-refractivity contribution in [3.63, 3.8) is 0 Å². The number of amides is 5. The minimum atomic E-state index is -3.78. The van der Waals surface area contributed by atoms with Gasteiger partial charge in [-0.15, -0.1) is 0 Å². The molecule has 22 heteroatoms. The molecule has 0 spiro atoms. The molecule has 67 heavy (non-hydrogen) atoms. The van der Waals surface area contributed by atoms with Crippen molar-refractivity contribution in [1.82, 2.24) is 10.2 Å². The van der Waals surface area contributed by atoms with E-state index in [0.29, 0.717) is 132 Å². The first kappa shape index (κ1) is 55.3. The third-order valence-corrected chi connectivity index (χ3v) is 11.1. The van der Waals surface area contributed by atoms with Gasteiger partial charge >= 0.3 is 0 Å². The summed E-state index contributed by atoms with van der Waals surface area (Å²) < 4.78 is 83.7. The van der Waals surface area contributed by atoms with Crippen LogP contribution in [-0.4, -0.2) is 188 Å². The SMILES string of the molecule is O=C1CCC(N2C(=O)c3cccc(NC(=O)CCCCCOCCOCCOCCOCCOCCOCCOCCOCCOCCOCCOS(=O)(=O)c4ccccc4)c3C2=O)C(=O)N1. The van der Waals surface area contributed by atoms with Crippen molar-refractivity contribution in [2.75, 3.05) is 144 Å². The summed E-state index contributed by atoms with van der Waals surface area (Å²) in [6.45, 7) is 8.22. The number of rotatable bonds is 40. The Morgan fingerprint density at radius 3 is 1.49 bits per heavy atom. The number of fused-ring (bicyclic) bond motifs is 1. The van der Waals surface area contributed by atoms with Crippen molar-refractivity contribution in [3.8, 4) is 0 Å². The van der Waals surface area contributed by atoms with Gasteiger partial charge in [-0.05, 0) is 43.5 Å². The van der Waals surface area contributed by atoms with Gasteiger partial charge in [-0.25, -0.2) is 0 Å². The fraction of sp³-hybridized carbons (Fsp3) is 0.622. The fourth-order valence-corrected chi connectivity index (χ4v) is 7.35. The molecular weight excluding hydrogens is 903 g/mol. The number of carbonyl (C=O) groups is 5. The summed E-state index contributed by atoms with van der Waals surface area (Å²) in [6, 6.07) is 11.4. The van der Waals surface area contributed by atoms with E-state index in [1.165, 1.54) is 18.2 Å². The Morgan fingerprint density at radius 2 is 1.01 bits per heavy atom. The number of ether oxygens (including phenoxy) is 10. The van der Waals surface area contributed by atoms with E-state index in [0.717, 1.165) is 17.7 Å². The molecule has 0 bridgehead atoms. The minimum Gasteiger partial charge on any atom is -0.379 e. The lowest BCUT2D eigenvalue weighted by molar-refractivity contribution is -0.136. The number of benzene rings is 2. The molecule has 0 radical (unpaired) electrons. The van der Waals surface area contributed by atoms with Gasteiger partial charge in [0.1, 0.15) is 6.04 Å². The Kier molecular flexibility index (Phi) is 27.4. The van der Waals surface area contributed by atoms with Crippen LogP contribution in [0, 0.1) is 0 Å². The summed E-state index contributed by atoms with van der Waals surface area (Å²) in [7, 11) is -3.78. The highest BCUT2D eigenvalue weighted by Gasteiger charge is 2.45. The lowest BCUT2D eigenvalue weighted by Crippen LogP contribution is -2.54. The summed E-state index contributed by atoms with van der Waals surface area (Å²) in [4.78, 5) is 63.7. The first-order valence-corrected chi connectivity index (χ1v) is 24.0. The van der Waals surface area contributed by atoms with E-state index in [4.69, 9.17) is 51.6 Å². The predicted octanol–water partition coefficient (Wildman–Crippen LogP) is 2.16. The second-order valence-electron chi connectivity index (χ2n) is 14.7. The highest BCUT2D eigenvalue weighted by Crippen LogP contribution is 2.32. The molecule has 0 aliphatic carbocycles. The highest BCUT2D eigenvalue weighted by atomic mass is 32.2. The van der Waals surface area contributed by atoms with Crippen LogP contribution in [0.5, 0.6) is 0 Å². The number of nitrogens with one attached hydrogen (secondary N) is 2. The maximum Gasteiger partial charge on any atom is 0.297 e. The second kappa shape index (κ2) is 33.2. The van der Waals surface area contributed by atoms with Crippen LogP contribution in [0.2, 0.25) is 0 Å².